The van der Waals surface area contributed by atoms with Crippen molar-refractivity contribution in [1.82, 2.24) is 14.3 Å². The van der Waals surface area contributed by atoms with Gasteiger partial charge in [0.15, 0.2) is 11.6 Å². The molecule has 2 aromatic rings. The van der Waals surface area contributed by atoms with E-state index in [2.05, 4.69) is 15.3 Å². The van der Waals surface area contributed by atoms with E-state index in [9.17, 15) is 26.0 Å². The number of hydrogen-bond donors (Lipinski definition) is 1. The SMILES string of the molecule is COc1cc2c(NC3CCN(S(=O)(=O)C(F)(F)F)CC3)ncnc2cc1F. The predicted molar refractivity (Wildman–Crippen MR) is 89.2 cm³/mol. The fraction of sp³-hybridized carbons (Fsp3) is 0.467. The first-order valence-electron chi connectivity index (χ1n) is 7.94. The van der Waals surface area contributed by atoms with Gasteiger partial charge < -0.3 is 10.1 Å². The van der Waals surface area contributed by atoms with Crippen molar-refractivity contribution < 1.29 is 30.7 Å². The number of benzene rings is 1. The van der Waals surface area contributed by atoms with E-state index in [0.29, 0.717) is 21.0 Å². The first kappa shape index (κ1) is 19.5. The minimum atomic E-state index is -5.32. The molecule has 0 aliphatic carbocycles. The summed E-state index contributed by atoms with van der Waals surface area (Å²) in [5.74, 6) is -0.206. The number of anilines is 1. The molecule has 0 spiro atoms. The second kappa shape index (κ2) is 7.08. The lowest BCUT2D eigenvalue weighted by atomic mass is 10.1. The monoisotopic (exact) mass is 408 g/mol. The molecule has 1 N–H and O–H groups in total. The Bertz CT molecular complexity index is 944. The summed E-state index contributed by atoms with van der Waals surface area (Å²) >= 11 is 0. The highest BCUT2D eigenvalue weighted by atomic mass is 32.2. The van der Waals surface area contributed by atoms with E-state index in [-0.39, 0.29) is 37.7 Å². The normalized spacial score (nSPS) is 17.2. The minimum absolute atomic E-state index is 0.00596. The zero-order chi connectivity index (χ0) is 19.8. The standard InChI is InChI=1S/C15H16F4N4O3S/c1-26-13-6-10-12(7-11(13)16)20-8-21-14(10)22-9-2-4-23(5-3-9)27(24,25)15(17,18)19/h6-9H,2-5H2,1H3,(H,20,21,22). The van der Waals surface area contributed by atoms with Crippen molar-refractivity contribution in [3.63, 3.8) is 0 Å². The van der Waals surface area contributed by atoms with Gasteiger partial charge in [-0.2, -0.15) is 17.5 Å². The van der Waals surface area contributed by atoms with Crippen LogP contribution in [0.15, 0.2) is 18.5 Å². The summed E-state index contributed by atoms with van der Waals surface area (Å²) in [5.41, 5.74) is -4.97. The summed E-state index contributed by atoms with van der Waals surface area (Å²) < 4.78 is 80.0. The molecule has 1 saturated heterocycles. The van der Waals surface area contributed by atoms with E-state index in [0.717, 1.165) is 0 Å². The molecule has 12 heteroatoms. The molecule has 27 heavy (non-hydrogen) atoms. The van der Waals surface area contributed by atoms with E-state index in [1.807, 2.05) is 0 Å². The summed E-state index contributed by atoms with van der Waals surface area (Å²) in [5, 5.41) is 3.56. The lowest BCUT2D eigenvalue weighted by Gasteiger charge is -2.32. The van der Waals surface area contributed by atoms with Gasteiger partial charge in [0.2, 0.25) is 0 Å². The summed E-state index contributed by atoms with van der Waals surface area (Å²) in [7, 11) is -4.01. The summed E-state index contributed by atoms with van der Waals surface area (Å²) in [6.45, 7) is -0.527. The fourth-order valence-electron chi connectivity index (χ4n) is 2.91. The number of alkyl halides is 3. The van der Waals surface area contributed by atoms with Crippen molar-refractivity contribution >= 4 is 26.7 Å². The van der Waals surface area contributed by atoms with Gasteiger partial charge in [0.1, 0.15) is 12.1 Å². The quantitative estimate of drug-likeness (QED) is 0.783. The summed E-state index contributed by atoms with van der Waals surface area (Å²) in [6.07, 6.45) is 1.57. The van der Waals surface area contributed by atoms with Crippen molar-refractivity contribution in [2.45, 2.75) is 24.4 Å². The molecular formula is C15H16F4N4O3S. The third-order valence-corrected chi connectivity index (χ3v) is 5.97. The molecule has 1 fully saturated rings. The molecule has 0 radical (unpaired) electrons. The Morgan fingerprint density at radius 3 is 2.48 bits per heavy atom. The molecule has 0 amide bonds. The minimum Gasteiger partial charge on any atom is -0.494 e. The van der Waals surface area contributed by atoms with Crippen molar-refractivity contribution in [3.8, 4) is 5.75 Å². The molecule has 0 atom stereocenters. The van der Waals surface area contributed by atoms with Crippen LogP contribution >= 0.6 is 0 Å². The highest BCUT2D eigenvalue weighted by molar-refractivity contribution is 7.90. The average molecular weight is 408 g/mol. The first-order valence-corrected chi connectivity index (χ1v) is 9.38. The second-order valence-electron chi connectivity index (χ2n) is 5.99. The number of methoxy groups -OCH3 is 1. The number of aromatic nitrogens is 2. The molecule has 3 rings (SSSR count). The van der Waals surface area contributed by atoms with Crippen LogP contribution in [0, 0.1) is 5.82 Å². The largest absolute Gasteiger partial charge is 0.511 e. The average Bonchev–Trinajstić information content (AvgIpc) is 2.61. The molecule has 0 bridgehead atoms. The topological polar surface area (TPSA) is 84.4 Å². The number of nitrogens with zero attached hydrogens (tertiary/aromatic N) is 3. The highest BCUT2D eigenvalue weighted by Gasteiger charge is 2.50. The molecule has 0 saturated carbocycles. The molecular weight excluding hydrogens is 392 g/mol. The van der Waals surface area contributed by atoms with Crippen LogP contribution in [0.3, 0.4) is 0 Å². The number of fused-ring (bicyclic) bond motifs is 1. The highest BCUT2D eigenvalue weighted by Crippen LogP contribution is 2.31. The predicted octanol–water partition coefficient (Wildman–Crippen LogP) is 2.50. The third-order valence-electron chi connectivity index (χ3n) is 4.34. The third kappa shape index (κ3) is 3.76. The van der Waals surface area contributed by atoms with Gasteiger partial charge in [0.25, 0.3) is 0 Å². The van der Waals surface area contributed by atoms with Gasteiger partial charge in [-0.05, 0) is 18.9 Å². The number of piperidine rings is 1. The Hall–Kier alpha value is -2.21. The maximum atomic E-state index is 13.8. The molecule has 1 aliphatic heterocycles. The molecule has 7 nitrogen and oxygen atoms in total. The maximum absolute atomic E-state index is 13.8. The first-order chi connectivity index (χ1) is 12.6. The van der Waals surface area contributed by atoms with Gasteiger partial charge in [-0.15, -0.1) is 0 Å². The zero-order valence-corrected chi connectivity index (χ0v) is 14.9. The van der Waals surface area contributed by atoms with Gasteiger partial charge in [0, 0.05) is 30.6 Å². The Labute approximate surface area is 152 Å². The fourth-order valence-corrected chi connectivity index (χ4v) is 3.89. The smallest absolute Gasteiger partial charge is 0.494 e. The van der Waals surface area contributed by atoms with E-state index in [1.54, 1.807) is 0 Å². The van der Waals surface area contributed by atoms with Crippen LogP contribution < -0.4 is 10.1 Å². The molecule has 0 unspecified atom stereocenters. The van der Waals surface area contributed by atoms with Gasteiger partial charge in [-0.3, -0.25) is 0 Å². The van der Waals surface area contributed by atoms with Crippen LogP contribution in [0.1, 0.15) is 12.8 Å². The van der Waals surface area contributed by atoms with Crippen molar-refractivity contribution in [2.24, 2.45) is 0 Å². The van der Waals surface area contributed by atoms with E-state index in [4.69, 9.17) is 4.74 Å². The van der Waals surface area contributed by atoms with Gasteiger partial charge in [-0.1, -0.05) is 0 Å². The van der Waals surface area contributed by atoms with Crippen LogP contribution in [0.5, 0.6) is 5.75 Å². The summed E-state index contributed by atoms with van der Waals surface area (Å²) in [4.78, 5) is 8.08. The Morgan fingerprint density at radius 2 is 1.89 bits per heavy atom. The van der Waals surface area contributed by atoms with Crippen LogP contribution in [0.2, 0.25) is 0 Å². The lowest BCUT2D eigenvalue weighted by molar-refractivity contribution is -0.0494. The van der Waals surface area contributed by atoms with Crippen LogP contribution in [-0.2, 0) is 10.0 Å². The van der Waals surface area contributed by atoms with E-state index >= 15 is 0 Å². The number of nitrogens with one attached hydrogen (secondary N) is 1. The van der Waals surface area contributed by atoms with Crippen molar-refractivity contribution in [2.75, 3.05) is 25.5 Å². The zero-order valence-electron chi connectivity index (χ0n) is 14.1. The van der Waals surface area contributed by atoms with Crippen molar-refractivity contribution in [3.05, 3.63) is 24.3 Å². The molecule has 148 valence electrons. The molecule has 1 aliphatic rings. The Kier molecular flexibility index (Phi) is 5.12. The molecule has 2 heterocycles. The van der Waals surface area contributed by atoms with Gasteiger partial charge >= 0.3 is 15.5 Å². The van der Waals surface area contributed by atoms with E-state index < -0.39 is 21.3 Å². The number of rotatable bonds is 4. The maximum Gasteiger partial charge on any atom is 0.511 e. The van der Waals surface area contributed by atoms with Gasteiger partial charge in [-0.25, -0.2) is 22.8 Å². The second-order valence-corrected chi connectivity index (χ2v) is 7.92. The van der Waals surface area contributed by atoms with Crippen molar-refractivity contribution in [1.29, 1.82) is 0 Å². The van der Waals surface area contributed by atoms with Crippen LogP contribution in [0.4, 0.5) is 23.4 Å². The lowest BCUT2D eigenvalue weighted by Crippen LogP contribution is -2.47. The Balaban J connectivity index is 1.76. The number of sulfonamides is 1. The van der Waals surface area contributed by atoms with Gasteiger partial charge in [0.05, 0.1) is 12.6 Å². The summed E-state index contributed by atoms with van der Waals surface area (Å²) in [6, 6.07) is 2.33. The Morgan fingerprint density at radius 1 is 1.22 bits per heavy atom. The molecule has 1 aromatic carbocycles. The molecule has 1 aromatic heterocycles. The van der Waals surface area contributed by atoms with Crippen LogP contribution in [-0.4, -0.2) is 54.4 Å². The number of halogens is 4. The number of hydrogen-bond acceptors (Lipinski definition) is 6. The van der Waals surface area contributed by atoms with E-state index in [1.165, 1.54) is 25.6 Å². The number of ether oxygens (including phenoxy) is 1. The van der Waals surface area contributed by atoms with Crippen LogP contribution in [0.25, 0.3) is 10.9 Å².